The van der Waals surface area contributed by atoms with E-state index in [4.69, 9.17) is 0 Å². The minimum atomic E-state index is 1.07. The van der Waals surface area contributed by atoms with Crippen LogP contribution in [0, 0.1) is 0 Å². The van der Waals surface area contributed by atoms with Gasteiger partial charge in [0, 0.05) is 0 Å². The Labute approximate surface area is 84.5 Å². The SMILES string of the molecule is CNCCC=C(C)Cc1ccsc1. The Morgan fingerprint density at radius 1 is 1.62 bits per heavy atom. The molecule has 0 spiro atoms. The first kappa shape index (κ1) is 10.5. The second-order valence-corrected chi connectivity index (χ2v) is 4.03. The molecular formula is C11H17NS. The Kier molecular flexibility index (Phi) is 4.79. The van der Waals surface area contributed by atoms with Crippen molar-refractivity contribution in [2.45, 2.75) is 19.8 Å². The van der Waals surface area contributed by atoms with Crippen LogP contribution >= 0.6 is 11.3 Å². The molecule has 72 valence electrons. The molecule has 0 atom stereocenters. The molecule has 0 unspecified atom stereocenters. The fraction of sp³-hybridized carbons (Fsp3) is 0.455. The fourth-order valence-corrected chi connectivity index (χ4v) is 1.92. The van der Waals surface area contributed by atoms with Gasteiger partial charge in [-0.3, -0.25) is 0 Å². The van der Waals surface area contributed by atoms with Gasteiger partial charge in [-0.05, 0) is 55.7 Å². The first-order chi connectivity index (χ1) is 6.33. The van der Waals surface area contributed by atoms with E-state index in [2.05, 4.69) is 35.1 Å². The molecule has 13 heavy (non-hydrogen) atoms. The molecule has 2 heteroatoms. The summed E-state index contributed by atoms with van der Waals surface area (Å²) in [6.45, 7) is 3.27. The van der Waals surface area contributed by atoms with Crippen molar-refractivity contribution in [3.05, 3.63) is 34.0 Å². The zero-order valence-electron chi connectivity index (χ0n) is 8.34. The Morgan fingerprint density at radius 3 is 3.08 bits per heavy atom. The lowest BCUT2D eigenvalue weighted by Gasteiger charge is -1.99. The van der Waals surface area contributed by atoms with E-state index in [1.165, 1.54) is 11.1 Å². The van der Waals surface area contributed by atoms with Crippen LogP contribution in [0.1, 0.15) is 18.9 Å². The standard InChI is InChI=1S/C11H17NS/c1-10(4-3-6-12-2)8-11-5-7-13-9-11/h4-5,7,9,12H,3,6,8H2,1-2H3. The number of hydrogen-bond acceptors (Lipinski definition) is 2. The molecule has 1 aromatic heterocycles. The highest BCUT2D eigenvalue weighted by atomic mass is 32.1. The number of hydrogen-bond donors (Lipinski definition) is 1. The van der Waals surface area contributed by atoms with Crippen molar-refractivity contribution in [2.75, 3.05) is 13.6 Å². The van der Waals surface area contributed by atoms with Gasteiger partial charge in [0.1, 0.15) is 0 Å². The lowest BCUT2D eigenvalue weighted by molar-refractivity contribution is 0.803. The van der Waals surface area contributed by atoms with Gasteiger partial charge in [-0.1, -0.05) is 11.6 Å². The van der Waals surface area contributed by atoms with E-state index in [1.807, 2.05) is 7.05 Å². The number of nitrogens with one attached hydrogen (secondary N) is 1. The number of rotatable bonds is 5. The van der Waals surface area contributed by atoms with Gasteiger partial charge >= 0.3 is 0 Å². The predicted octanol–water partition coefficient (Wildman–Crippen LogP) is 2.85. The topological polar surface area (TPSA) is 12.0 Å². The third kappa shape index (κ3) is 4.25. The lowest BCUT2D eigenvalue weighted by Crippen LogP contribution is -2.06. The Morgan fingerprint density at radius 2 is 2.46 bits per heavy atom. The van der Waals surface area contributed by atoms with Crippen LogP contribution in [0.4, 0.5) is 0 Å². The quantitative estimate of drug-likeness (QED) is 0.563. The summed E-state index contributed by atoms with van der Waals surface area (Å²) in [6, 6.07) is 2.19. The molecule has 1 aromatic rings. The summed E-state index contributed by atoms with van der Waals surface area (Å²) >= 11 is 1.77. The van der Waals surface area contributed by atoms with Gasteiger partial charge in [0.05, 0.1) is 0 Å². The third-order valence-electron chi connectivity index (χ3n) is 1.95. The van der Waals surface area contributed by atoms with E-state index in [1.54, 1.807) is 11.3 Å². The molecule has 1 N–H and O–H groups in total. The van der Waals surface area contributed by atoms with E-state index in [9.17, 15) is 0 Å². The molecule has 0 radical (unpaired) electrons. The van der Waals surface area contributed by atoms with E-state index >= 15 is 0 Å². The van der Waals surface area contributed by atoms with Gasteiger partial charge in [-0.2, -0.15) is 11.3 Å². The van der Waals surface area contributed by atoms with E-state index in [-0.39, 0.29) is 0 Å². The van der Waals surface area contributed by atoms with Crippen LogP contribution in [0.25, 0.3) is 0 Å². The molecule has 0 amide bonds. The molecule has 0 aromatic carbocycles. The van der Waals surface area contributed by atoms with Gasteiger partial charge in [0.15, 0.2) is 0 Å². The van der Waals surface area contributed by atoms with Gasteiger partial charge in [-0.15, -0.1) is 0 Å². The third-order valence-corrected chi connectivity index (χ3v) is 2.68. The summed E-state index contributed by atoms with van der Waals surface area (Å²) in [6.07, 6.45) is 4.55. The first-order valence-electron chi connectivity index (χ1n) is 4.64. The van der Waals surface area contributed by atoms with Crippen molar-refractivity contribution in [3.8, 4) is 0 Å². The van der Waals surface area contributed by atoms with Crippen molar-refractivity contribution in [3.63, 3.8) is 0 Å². The van der Waals surface area contributed by atoms with Crippen molar-refractivity contribution < 1.29 is 0 Å². The maximum atomic E-state index is 3.14. The van der Waals surface area contributed by atoms with Crippen molar-refractivity contribution in [2.24, 2.45) is 0 Å². The molecule has 1 heterocycles. The largest absolute Gasteiger partial charge is 0.319 e. The summed E-state index contributed by atoms with van der Waals surface area (Å²) in [7, 11) is 1.99. The van der Waals surface area contributed by atoms with Crippen molar-refractivity contribution >= 4 is 11.3 Å². The monoisotopic (exact) mass is 195 g/mol. The van der Waals surface area contributed by atoms with Gasteiger partial charge in [0.2, 0.25) is 0 Å². The molecule has 0 aliphatic carbocycles. The van der Waals surface area contributed by atoms with Gasteiger partial charge in [0.25, 0.3) is 0 Å². The van der Waals surface area contributed by atoms with E-state index in [0.717, 1.165) is 19.4 Å². The molecule has 1 rings (SSSR count). The highest BCUT2D eigenvalue weighted by Gasteiger charge is 1.93. The summed E-state index contributed by atoms with van der Waals surface area (Å²) in [5.74, 6) is 0. The molecule has 0 saturated carbocycles. The smallest absolute Gasteiger partial charge is 0.00172 e. The van der Waals surface area contributed by atoms with E-state index in [0.29, 0.717) is 0 Å². The molecule has 0 fully saturated rings. The molecular weight excluding hydrogens is 178 g/mol. The van der Waals surface area contributed by atoms with Gasteiger partial charge in [-0.25, -0.2) is 0 Å². The molecule has 0 saturated heterocycles. The Bertz CT molecular complexity index is 249. The highest BCUT2D eigenvalue weighted by molar-refractivity contribution is 7.07. The molecule has 0 bridgehead atoms. The molecule has 0 aliphatic heterocycles. The van der Waals surface area contributed by atoms with Crippen LogP contribution in [0.3, 0.4) is 0 Å². The van der Waals surface area contributed by atoms with Crippen LogP contribution in [-0.4, -0.2) is 13.6 Å². The average molecular weight is 195 g/mol. The van der Waals surface area contributed by atoms with Gasteiger partial charge < -0.3 is 5.32 Å². The number of thiophene rings is 1. The van der Waals surface area contributed by atoms with Crippen LogP contribution in [-0.2, 0) is 6.42 Å². The summed E-state index contributed by atoms with van der Waals surface area (Å²) in [5.41, 5.74) is 2.90. The van der Waals surface area contributed by atoms with Crippen LogP contribution < -0.4 is 5.32 Å². The molecule has 0 aliphatic rings. The minimum Gasteiger partial charge on any atom is -0.319 e. The first-order valence-corrected chi connectivity index (χ1v) is 5.58. The molecule has 1 nitrogen and oxygen atoms in total. The van der Waals surface area contributed by atoms with Crippen LogP contribution in [0.15, 0.2) is 28.5 Å². The number of allylic oxidation sites excluding steroid dienone is 1. The fourth-order valence-electron chi connectivity index (χ4n) is 1.25. The average Bonchev–Trinajstić information content (AvgIpc) is 2.57. The van der Waals surface area contributed by atoms with Crippen molar-refractivity contribution in [1.29, 1.82) is 0 Å². The van der Waals surface area contributed by atoms with Crippen molar-refractivity contribution in [1.82, 2.24) is 5.32 Å². The summed E-state index contributed by atoms with van der Waals surface area (Å²) in [5, 5.41) is 7.49. The lowest BCUT2D eigenvalue weighted by atomic mass is 10.1. The normalized spacial score (nSPS) is 12.0. The predicted molar refractivity (Wildman–Crippen MR) is 60.3 cm³/mol. The van der Waals surface area contributed by atoms with Crippen LogP contribution in [0.5, 0.6) is 0 Å². The second-order valence-electron chi connectivity index (χ2n) is 3.25. The van der Waals surface area contributed by atoms with E-state index < -0.39 is 0 Å². The highest BCUT2D eigenvalue weighted by Crippen LogP contribution is 2.11. The second kappa shape index (κ2) is 5.95. The maximum Gasteiger partial charge on any atom is -0.00172 e. The maximum absolute atomic E-state index is 3.14. The minimum absolute atomic E-state index is 1.07. The zero-order chi connectivity index (χ0) is 9.52. The Hall–Kier alpha value is -0.600. The Balaban J connectivity index is 2.32. The zero-order valence-corrected chi connectivity index (χ0v) is 9.16. The summed E-state index contributed by atoms with van der Waals surface area (Å²) < 4.78 is 0. The summed E-state index contributed by atoms with van der Waals surface area (Å²) in [4.78, 5) is 0. The van der Waals surface area contributed by atoms with Crippen LogP contribution in [0.2, 0.25) is 0 Å².